The zero-order valence-electron chi connectivity index (χ0n) is 12.9. The molecule has 6 heteroatoms. The van der Waals surface area contributed by atoms with Crippen molar-refractivity contribution in [3.63, 3.8) is 0 Å². The fourth-order valence-electron chi connectivity index (χ4n) is 3.10. The minimum Gasteiger partial charge on any atom is -0.381 e. The topological polar surface area (TPSA) is 69.4 Å². The Hall–Kier alpha value is -0.980. The van der Waals surface area contributed by atoms with Gasteiger partial charge in [0.25, 0.3) is 0 Å². The first-order valence-electron chi connectivity index (χ1n) is 7.97. The van der Waals surface area contributed by atoms with E-state index in [4.69, 9.17) is 14.0 Å². The highest BCUT2D eigenvalue weighted by Crippen LogP contribution is 2.35. The van der Waals surface area contributed by atoms with E-state index in [9.17, 15) is 0 Å². The van der Waals surface area contributed by atoms with Crippen LogP contribution in [-0.2, 0) is 21.5 Å². The number of likely N-dealkylation sites (N-methyl/N-ethyl adjacent to an activating group) is 1. The van der Waals surface area contributed by atoms with Crippen molar-refractivity contribution < 1.29 is 14.0 Å². The third-order valence-corrected chi connectivity index (χ3v) is 4.62. The van der Waals surface area contributed by atoms with E-state index >= 15 is 0 Å². The molecule has 0 bridgehead atoms. The van der Waals surface area contributed by atoms with Crippen molar-refractivity contribution in [1.29, 1.82) is 0 Å². The molecule has 1 unspecified atom stereocenters. The quantitative estimate of drug-likeness (QED) is 0.825. The van der Waals surface area contributed by atoms with Gasteiger partial charge in [0.2, 0.25) is 11.7 Å². The lowest BCUT2D eigenvalue weighted by Gasteiger charge is -2.32. The monoisotopic (exact) mass is 295 g/mol. The summed E-state index contributed by atoms with van der Waals surface area (Å²) < 4.78 is 16.6. The van der Waals surface area contributed by atoms with Crippen LogP contribution in [0.5, 0.6) is 0 Å². The van der Waals surface area contributed by atoms with Crippen LogP contribution in [0.15, 0.2) is 4.52 Å². The number of nitrogens with one attached hydrogen (secondary N) is 1. The molecule has 0 aromatic carbocycles. The molecule has 2 fully saturated rings. The summed E-state index contributed by atoms with van der Waals surface area (Å²) in [4.78, 5) is 4.61. The van der Waals surface area contributed by atoms with Gasteiger partial charge in [-0.15, -0.1) is 0 Å². The van der Waals surface area contributed by atoms with Crippen LogP contribution < -0.4 is 5.32 Å². The fraction of sp³-hybridized carbons (Fsp3) is 0.867. The van der Waals surface area contributed by atoms with Gasteiger partial charge in [0.1, 0.15) is 5.60 Å². The Kier molecular flexibility index (Phi) is 4.57. The summed E-state index contributed by atoms with van der Waals surface area (Å²) in [5.74, 6) is 2.15. The lowest BCUT2D eigenvalue weighted by Crippen LogP contribution is -2.37. The number of hydrogen-bond donors (Lipinski definition) is 1. The first kappa shape index (κ1) is 14.9. The molecular formula is C15H25N3O3. The molecule has 21 heavy (non-hydrogen) atoms. The Bertz CT molecular complexity index is 453. The van der Waals surface area contributed by atoms with Crippen LogP contribution in [0.2, 0.25) is 0 Å². The third kappa shape index (κ3) is 3.27. The van der Waals surface area contributed by atoms with Crippen molar-refractivity contribution in [3.8, 4) is 0 Å². The molecule has 2 aliphatic rings. The second kappa shape index (κ2) is 6.42. The van der Waals surface area contributed by atoms with Gasteiger partial charge in [0.05, 0.1) is 0 Å². The van der Waals surface area contributed by atoms with E-state index in [1.807, 2.05) is 0 Å². The van der Waals surface area contributed by atoms with Crippen molar-refractivity contribution in [2.75, 3.05) is 26.9 Å². The SMILES string of the molecule is CCNC(Cc1nc(C2(OC)CCOCC2)no1)C1CC1. The maximum Gasteiger partial charge on any atom is 0.228 e. The van der Waals surface area contributed by atoms with E-state index in [-0.39, 0.29) is 0 Å². The lowest BCUT2D eigenvalue weighted by atomic mass is 9.93. The standard InChI is InChI=1S/C15H25N3O3/c1-3-16-12(11-4-5-11)10-13-17-14(18-21-13)15(19-2)6-8-20-9-7-15/h11-12,16H,3-10H2,1-2H3. The van der Waals surface area contributed by atoms with Gasteiger partial charge in [0, 0.05) is 45.6 Å². The molecule has 1 aliphatic carbocycles. The van der Waals surface area contributed by atoms with E-state index in [2.05, 4.69) is 22.4 Å². The van der Waals surface area contributed by atoms with Crippen molar-refractivity contribution in [3.05, 3.63) is 11.7 Å². The molecule has 1 saturated heterocycles. The molecule has 1 saturated carbocycles. The first-order valence-corrected chi connectivity index (χ1v) is 7.97. The van der Waals surface area contributed by atoms with E-state index in [1.54, 1.807) is 7.11 Å². The van der Waals surface area contributed by atoms with Crippen molar-refractivity contribution in [1.82, 2.24) is 15.5 Å². The highest BCUT2D eigenvalue weighted by atomic mass is 16.5. The van der Waals surface area contributed by atoms with Crippen molar-refractivity contribution in [2.24, 2.45) is 5.92 Å². The molecule has 2 heterocycles. The summed E-state index contributed by atoms with van der Waals surface area (Å²) in [5.41, 5.74) is -0.437. The fourth-order valence-corrected chi connectivity index (χ4v) is 3.10. The van der Waals surface area contributed by atoms with Crippen LogP contribution in [0.4, 0.5) is 0 Å². The van der Waals surface area contributed by atoms with Gasteiger partial charge in [0.15, 0.2) is 0 Å². The van der Waals surface area contributed by atoms with E-state index in [1.165, 1.54) is 12.8 Å². The molecule has 0 radical (unpaired) electrons. The van der Waals surface area contributed by atoms with Crippen LogP contribution in [0.25, 0.3) is 0 Å². The Morgan fingerprint density at radius 1 is 1.38 bits per heavy atom. The number of hydrogen-bond acceptors (Lipinski definition) is 6. The average molecular weight is 295 g/mol. The van der Waals surface area contributed by atoms with Gasteiger partial charge in [-0.3, -0.25) is 0 Å². The smallest absolute Gasteiger partial charge is 0.228 e. The Morgan fingerprint density at radius 2 is 2.14 bits per heavy atom. The van der Waals surface area contributed by atoms with Crippen molar-refractivity contribution in [2.45, 2.75) is 50.7 Å². The minimum atomic E-state index is -0.437. The van der Waals surface area contributed by atoms with Gasteiger partial charge in [-0.1, -0.05) is 12.1 Å². The van der Waals surface area contributed by atoms with Crippen LogP contribution in [0.3, 0.4) is 0 Å². The lowest BCUT2D eigenvalue weighted by molar-refractivity contribution is -0.101. The molecule has 0 amide bonds. The molecule has 118 valence electrons. The summed E-state index contributed by atoms with van der Waals surface area (Å²) in [7, 11) is 1.72. The van der Waals surface area contributed by atoms with Crippen LogP contribution in [-0.4, -0.2) is 43.1 Å². The van der Waals surface area contributed by atoms with E-state index in [0.29, 0.717) is 31.0 Å². The molecule has 0 spiro atoms. The van der Waals surface area contributed by atoms with Crippen LogP contribution >= 0.6 is 0 Å². The van der Waals surface area contributed by atoms with Gasteiger partial charge < -0.3 is 19.3 Å². The molecule has 1 N–H and O–H groups in total. The van der Waals surface area contributed by atoms with Crippen LogP contribution in [0.1, 0.15) is 44.3 Å². The maximum absolute atomic E-state index is 5.71. The zero-order chi connectivity index (χ0) is 14.7. The molecular weight excluding hydrogens is 270 g/mol. The van der Waals surface area contributed by atoms with E-state index < -0.39 is 5.60 Å². The largest absolute Gasteiger partial charge is 0.381 e. The van der Waals surface area contributed by atoms with Gasteiger partial charge in [-0.05, 0) is 25.3 Å². The predicted octanol–water partition coefficient (Wildman–Crippen LogP) is 1.65. The number of nitrogens with zero attached hydrogens (tertiary/aromatic N) is 2. The van der Waals surface area contributed by atoms with Gasteiger partial charge >= 0.3 is 0 Å². The molecule has 1 aromatic rings. The molecule has 1 aliphatic heterocycles. The minimum absolute atomic E-state index is 0.437. The Morgan fingerprint density at radius 3 is 2.76 bits per heavy atom. The number of methoxy groups -OCH3 is 1. The highest BCUT2D eigenvalue weighted by molar-refractivity contribution is 5.04. The van der Waals surface area contributed by atoms with Gasteiger partial charge in [-0.2, -0.15) is 4.98 Å². The second-order valence-electron chi connectivity index (χ2n) is 6.03. The van der Waals surface area contributed by atoms with Crippen LogP contribution in [0, 0.1) is 5.92 Å². The first-order chi connectivity index (χ1) is 10.3. The summed E-state index contributed by atoms with van der Waals surface area (Å²) in [6.07, 6.45) is 4.97. The molecule has 6 nitrogen and oxygen atoms in total. The molecule has 1 aromatic heterocycles. The third-order valence-electron chi connectivity index (χ3n) is 4.62. The normalized spacial score (nSPS) is 23.1. The van der Waals surface area contributed by atoms with Gasteiger partial charge in [-0.25, -0.2) is 0 Å². The molecule has 3 rings (SSSR count). The van der Waals surface area contributed by atoms with E-state index in [0.717, 1.165) is 31.7 Å². The number of ether oxygens (including phenoxy) is 2. The summed E-state index contributed by atoms with van der Waals surface area (Å²) in [5, 5.41) is 7.71. The summed E-state index contributed by atoms with van der Waals surface area (Å²) in [6, 6.07) is 0.455. The van der Waals surface area contributed by atoms with Crippen molar-refractivity contribution >= 4 is 0 Å². The number of rotatable bonds is 7. The zero-order valence-corrected chi connectivity index (χ0v) is 12.9. The average Bonchev–Trinajstić information content (AvgIpc) is 3.27. The summed E-state index contributed by atoms with van der Waals surface area (Å²) >= 11 is 0. The predicted molar refractivity (Wildman–Crippen MR) is 76.9 cm³/mol. The Balaban J connectivity index is 1.69. The number of aromatic nitrogens is 2. The summed E-state index contributed by atoms with van der Waals surface area (Å²) in [6.45, 7) is 4.47. The second-order valence-corrected chi connectivity index (χ2v) is 6.03. The molecule has 1 atom stereocenters. The Labute approximate surface area is 125 Å². The maximum atomic E-state index is 5.71. The highest BCUT2D eigenvalue weighted by Gasteiger charge is 2.39.